The van der Waals surface area contributed by atoms with E-state index in [-0.39, 0.29) is 17.0 Å². The molecule has 0 spiro atoms. The van der Waals surface area contributed by atoms with Gasteiger partial charge in [0.05, 0.1) is 11.1 Å². The average Bonchev–Trinajstić information content (AvgIpc) is 3.22. The molecular formula is C16H12F3N5OS. The quantitative estimate of drug-likeness (QED) is 0.705. The molecule has 0 aliphatic carbocycles. The fourth-order valence-electron chi connectivity index (χ4n) is 2.26. The minimum Gasteiger partial charge on any atom is -0.365 e. The van der Waals surface area contributed by atoms with Gasteiger partial charge in [-0.05, 0) is 30.7 Å². The maximum atomic E-state index is 13.0. The first-order valence-electron chi connectivity index (χ1n) is 7.26. The van der Waals surface area contributed by atoms with Gasteiger partial charge in [-0.25, -0.2) is 14.6 Å². The number of amides is 1. The number of primary amides is 1. The summed E-state index contributed by atoms with van der Waals surface area (Å²) in [5.41, 5.74) is 5.35. The number of alkyl halides is 3. The molecule has 0 bridgehead atoms. The van der Waals surface area contributed by atoms with Gasteiger partial charge in [0, 0.05) is 23.3 Å². The van der Waals surface area contributed by atoms with Gasteiger partial charge < -0.3 is 5.73 Å². The number of hydrogen-bond acceptors (Lipinski definition) is 5. The number of carbonyl (C=O) groups excluding carboxylic acids is 1. The molecule has 6 nitrogen and oxygen atoms in total. The van der Waals surface area contributed by atoms with Gasteiger partial charge in [0.15, 0.2) is 5.82 Å². The SMILES string of the molecule is Cc1cc(-c2ncn(/C=C(/C(N)=O)c3nccs3)n2)cc(C(F)(F)F)c1. The Hall–Kier alpha value is -3.01. The van der Waals surface area contributed by atoms with Crippen LogP contribution in [-0.4, -0.2) is 25.7 Å². The van der Waals surface area contributed by atoms with E-state index in [1.165, 1.54) is 34.7 Å². The molecule has 3 rings (SSSR count). The minimum absolute atomic E-state index is 0.0957. The van der Waals surface area contributed by atoms with Crippen molar-refractivity contribution in [2.24, 2.45) is 5.73 Å². The Kier molecular flexibility index (Phi) is 4.60. The third kappa shape index (κ3) is 3.80. The number of halogens is 3. The lowest BCUT2D eigenvalue weighted by Crippen LogP contribution is -2.13. The lowest BCUT2D eigenvalue weighted by molar-refractivity contribution is -0.137. The maximum Gasteiger partial charge on any atom is 0.416 e. The summed E-state index contributed by atoms with van der Waals surface area (Å²) in [5.74, 6) is -0.606. The third-order valence-electron chi connectivity index (χ3n) is 3.36. The summed E-state index contributed by atoms with van der Waals surface area (Å²) in [6.45, 7) is 1.56. The molecule has 26 heavy (non-hydrogen) atoms. The van der Waals surface area contributed by atoms with Crippen molar-refractivity contribution >= 4 is 29.0 Å². The molecule has 134 valence electrons. The van der Waals surface area contributed by atoms with Crippen LogP contribution in [-0.2, 0) is 11.0 Å². The second kappa shape index (κ2) is 6.71. The van der Waals surface area contributed by atoms with Crippen molar-refractivity contribution in [3.63, 3.8) is 0 Å². The Balaban J connectivity index is 1.99. The van der Waals surface area contributed by atoms with Crippen molar-refractivity contribution in [2.75, 3.05) is 0 Å². The normalized spacial score (nSPS) is 12.4. The highest BCUT2D eigenvalue weighted by Crippen LogP contribution is 2.32. The van der Waals surface area contributed by atoms with E-state index < -0.39 is 17.6 Å². The largest absolute Gasteiger partial charge is 0.416 e. The van der Waals surface area contributed by atoms with Crippen molar-refractivity contribution in [2.45, 2.75) is 13.1 Å². The molecule has 0 saturated heterocycles. The van der Waals surface area contributed by atoms with E-state index in [9.17, 15) is 18.0 Å². The molecule has 0 atom stereocenters. The molecule has 0 saturated carbocycles. The summed E-state index contributed by atoms with van der Waals surface area (Å²) in [5, 5.41) is 6.20. The molecule has 1 aromatic carbocycles. The highest BCUT2D eigenvalue weighted by molar-refractivity contribution is 7.11. The van der Waals surface area contributed by atoms with Crippen molar-refractivity contribution in [3.8, 4) is 11.4 Å². The van der Waals surface area contributed by atoms with Crippen LogP contribution in [0.25, 0.3) is 23.2 Å². The van der Waals surface area contributed by atoms with E-state index >= 15 is 0 Å². The zero-order chi connectivity index (χ0) is 18.9. The average molecular weight is 379 g/mol. The van der Waals surface area contributed by atoms with Crippen molar-refractivity contribution in [1.29, 1.82) is 0 Å². The molecule has 0 aliphatic rings. The van der Waals surface area contributed by atoms with Crippen LogP contribution in [0.2, 0.25) is 0 Å². The molecular weight excluding hydrogens is 367 g/mol. The van der Waals surface area contributed by atoms with Crippen molar-refractivity contribution in [3.05, 3.63) is 52.2 Å². The molecule has 1 amide bonds. The van der Waals surface area contributed by atoms with E-state index in [4.69, 9.17) is 5.73 Å². The van der Waals surface area contributed by atoms with Gasteiger partial charge in [0.25, 0.3) is 5.91 Å². The van der Waals surface area contributed by atoms with Crippen LogP contribution in [0.1, 0.15) is 16.1 Å². The van der Waals surface area contributed by atoms with Gasteiger partial charge in [0.1, 0.15) is 11.3 Å². The Morgan fingerprint density at radius 2 is 2.04 bits per heavy atom. The number of rotatable bonds is 4. The molecule has 0 unspecified atom stereocenters. The number of aromatic nitrogens is 4. The Morgan fingerprint density at radius 1 is 1.27 bits per heavy atom. The van der Waals surface area contributed by atoms with Crippen LogP contribution < -0.4 is 5.73 Å². The van der Waals surface area contributed by atoms with Crippen molar-refractivity contribution in [1.82, 2.24) is 19.7 Å². The number of benzene rings is 1. The maximum absolute atomic E-state index is 13.0. The number of nitrogens with two attached hydrogens (primary N) is 1. The second-order valence-electron chi connectivity index (χ2n) is 5.38. The van der Waals surface area contributed by atoms with Crippen molar-refractivity contribution < 1.29 is 18.0 Å². The van der Waals surface area contributed by atoms with Gasteiger partial charge in [-0.1, -0.05) is 0 Å². The van der Waals surface area contributed by atoms with Crippen LogP contribution in [0.5, 0.6) is 0 Å². The number of hydrogen-bond donors (Lipinski definition) is 1. The van der Waals surface area contributed by atoms with E-state index in [0.29, 0.717) is 10.6 Å². The molecule has 0 fully saturated rings. The first kappa shape index (κ1) is 17.8. The van der Waals surface area contributed by atoms with Gasteiger partial charge in [-0.2, -0.15) is 13.2 Å². The monoisotopic (exact) mass is 379 g/mol. The van der Waals surface area contributed by atoms with Crippen LogP contribution in [0.15, 0.2) is 36.1 Å². The number of nitrogens with zero attached hydrogens (tertiary/aromatic N) is 4. The van der Waals surface area contributed by atoms with E-state index in [2.05, 4.69) is 15.1 Å². The molecule has 0 aliphatic heterocycles. The molecule has 0 radical (unpaired) electrons. The molecule has 2 N–H and O–H groups in total. The fraction of sp³-hybridized carbons (Fsp3) is 0.125. The van der Waals surface area contributed by atoms with Crippen LogP contribution >= 0.6 is 11.3 Å². The lowest BCUT2D eigenvalue weighted by Gasteiger charge is -2.09. The highest BCUT2D eigenvalue weighted by Gasteiger charge is 2.31. The van der Waals surface area contributed by atoms with Crippen LogP contribution in [0, 0.1) is 6.92 Å². The third-order valence-corrected chi connectivity index (χ3v) is 4.17. The van der Waals surface area contributed by atoms with E-state index in [1.807, 2.05) is 0 Å². The zero-order valence-electron chi connectivity index (χ0n) is 13.4. The first-order valence-corrected chi connectivity index (χ1v) is 8.14. The summed E-state index contributed by atoms with van der Waals surface area (Å²) < 4.78 is 40.1. The molecule has 2 heterocycles. The van der Waals surface area contributed by atoms with E-state index in [1.54, 1.807) is 18.4 Å². The summed E-state index contributed by atoms with van der Waals surface area (Å²) in [4.78, 5) is 19.6. The number of thiazole rings is 1. The van der Waals surface area contributed by atoms with Gasteiger partial charge in [-0.15, -0.1) is 16.4 Å². The Bertz CT molecular complexity index is 976. The fourth-order valence-corrected chi connectivity index (χ4v) is 2.91. The van der Waals surface area contributed by atoms with E-state index in [0.717, 1.165) is 12.1 Å². The van der Waals surface area contributed by atoms with Crippen LogP contribution in [0.3, 0.4) is 0 Å². The summed E-state index contributed by atoms with van der Waals surface area (Å²) in [7, 11) is 0. The smallest absolute Gasteiger partial charge is 0.365 e. The first-order chi connectivity index (χ1) is 12.2. The Morgan fingerprint density at radius 3 is 2.65 bits per heavy atom. The van der Waals surface area contributed by atoms with Gasteiger partial charge in [0.2, 0.25) is 0 Å². The topological polar surface area (TPSA) is 86.7 Å². The summed E-state index contributed by atoms with van der Waals surface area (Å²) in [6, 6.07) is 3.58. The van der Waals surface area contributed by atoms with Crippen LogP contribution in [0.4, 0.5) is 13.2 Å². The predicted molar refractivity (Wildman–Crippen MR) is 90.7 cm³/mol. The second-order valence-corrected chi connectivity index (χ2v) is 6.27. The molecule has 2 aromatic heterocycles. The molecule has 10 heteroatoms. The number of carbonyl (C=O) groups is 1. The predicted octanol–water partition coefficient (Wildman–Crippen LogP) is 3.21. The Labute approximate surface area is 149 Å². The van der Waals surface area contributed by atoms with Gasteiger partial charge in [-0.3, -0.25) is 4.79 Å². The summed E-state index contributed by atoms with van der Waals surface area (Å²) in [6.07, 6.45) is -0.332. The summed E-state index contributed by atoms with van der Waals surface area (Å²) >= 11 is 1.22. The number of aryl methyl sites for hydroxylation is 1. The zero-order valence-corrected chi connectivity index (χ0v) is 14.2. The molecule has 3 aromatic rings. The van der Waals surface area contributed by atoms with Gasteiger partial charge >= 0.3 is 6.18 Å². The lowest BCUT2D eigenvalue weighted by atomic mass is 10.1. The standard InChI is InChI=1S/C16H12F3N5OS/c1-9-4-10(6-11(5-9)16(17,18)19)14-22-8-24(23-14)7-12(13(20)25)15-21-2-3-26-15/h2-8H,1H3,(H2,20,25)/b12-7-. The highest BCUT2D eigenvalue weighted by atomic mass is 32.1. The minimum atomic E-state index is -4.47.